The number of fused-ring (bicyclic) bond motifs is 5. The topological polar surface area (TPSA) is 68.3 Å². The molecule has 7 heteroatoms. The highest BCUT2D eigenvalue weighted by Crippen LogP contribution is 2.46. The predicted octanol–water partition coefficient (Wildman–Crippen LogP) is 5.46. The SMILES string of the molecule is C#CC(CCCCC)ON=C1c2cc(OC)c(OC)cc2-c2[nH]c3ccc(OCCN(C)C)cc3c21. The van der Waals surface area contributed by atoms with Crippen LogP contribution in [0.5, 0.6) is 17.2 Å². The molecule has 1 unspecified atom stereocenters. The predicted molar refractivity (Wildman–Crippen MR) is 144 cm³/mol. The van der Waals surface area contributed by atoms with E-state index in [4.69, 9.17) is 25.5 Å². The number of nitrogens with zero attached hydrogens (tertiary/aromatic N) is 2. The van der Waals surface area contributed by atoms with Gasteiger partial charge in [-0.3, -0.25) is 0 Å². The van der Waals surface area contributed by atoms with E-state index in [9.17, 15) is 0 Å². The quantitative estimate of drug-likeness (QED) is 0.163. The Morgan fingerprint density at radius 1 is 1.06 bits per heavy atom. The van der Waals surface area contributed by atoms with Gasteiger partial charge in [0.2, 0.25) is 0 Å². The Balaban J connectivity index is 1.78. The number of likely N-dealkylation sites (N-methyl/N-ethyl adjacent to an activating group) is 1. The van der Waals surface area contributed by atoms with E-state index in [1.807, 2.05) is 38.4 Å². The van der Waals surface area contributed by atoms with Crippen LogP contribution >= 0.6 is 0 Å². The van der Waals surface area contributed by atoms with Gasteiger partial charge in [0.15, 0.2) is 17.6 Å². The molecule has 0 fully saturated rings. The van der Waals surface area contributed by atoms with Crippen molar-refractivity contribution in [2.75, 3.05) is 41.5 Å². The van der Waals surface area contributed by atoms with E-state index in [1.165, 1.54) is 0 Å². The molecule has 1 aliphatic carbocycles. The van der Waals surface area contributed by atoms with Crippen LogP contribution in [-0.4, -0.2) is 63.2 Å². The van der Waals surface area contributed by atoms with Gasteiger partial charge in [-0.1, -0.05) is 30.8 Å². The van der Waals surface area contributed by atoms with E-state index < -0.39 is 0 Å². The molecule has 0 aliphatic heterocycles. The van der Waals surface area contributed by atoms with E-state index in [1.54, 1.807) is 14.2 Å². The Morgan fingerprint density at radius 3 is 2.47 bits per heavy atom. The highest BCUT2D eigenvalue weighted by molar-refractivity contribution is 6.30. The van der Waals surface area contributed by atoms with Gasteiger partial charge >= 0.3 is 0 Å². The first-order chi connectivity index (χ1) is 17.5. The molecule has 1 atom stereocenters. The molecule has 3 aromatic rings. The maximum atomic E-state index is 6.02. The summed E-state index contributed by atoms with van der Waals surface area (Å²) in [5.41, 5.74) is 5.49. The Bertz CT molecular complexity index is 1290. The highest BCUT2D eigenvalue weighted by Gasteiger charge is 2.32. The van der Waals surface area contributed by atoms with Crippen molar-refractivity contribution in [2.24, 2.45) is 5.16 Å². The molecule has 0 bridgehead atoms. The van der Waals surface area contributed by atoms with Crippen molar-refractivity contribution in [3.63, 3.8) is 0 Å². The molecule has 1 N–H and O–H groups in total. The number of hydrogen-bond donors (Lipinski definition) is 1. The Kier molecular flexibility index (Phi) is 8.07. The summed E-state index contributed by atoms with van der Waals surface area (Å²) in [6, 6.07) is 9.98. The van der Waals surface area contributed by atoms with Crippen LogP contribution in [-0.2, 0) is 4.84 Å². The molecule has 4 rings (SSSR count). The van der Waals surface area contributed by atoms with Gasteiger partial charge in [-0.15, -0.1) is 6.42 Å². The zero-order valence-electron chi connectivity index (χ0n) is 21.8. The van der Waals surface area contributed by atoms with Crippen LogP contribution in [0, 0.1) is 12.3 Å². The standard InChI is InChI=1S/C29H35N3O4/c1-7-9-10-11-19(8-2)36-31-29-22-18-26(34-6)25(33-5)17-21(22)28-27(29)23-16-20(12-13-24(23)30-28)35-15-14-32(3)4/h2,12-13,16-19,30H,7,9-11,14-15H2,1,3-6H3. The molecule has 190 valence electrons. The van der Waals surface area contributed by atoms with Crippen molar-refractivity contribution in [1.82, 2.24) is 9.88 Å². The molecule has 7 nitrogen and oxygen atoms in total. The van der Waals surface area contributed by atoms with Gasteiger partial charge in [-0.25, -0.2) is 0 Å². The lowest BCUT2D eigenvalue weighted by atomic mass is 10.1. The zero-order valence-corrected chi connectivity index (χ0v) is 21.8. The van der Waals surface area contributed by atoms with E-state index in [0.29, 0.717) is 23.8 Å². The number of methoxy groups -OCH3 is 2. The van der Waals surface area contributed by atoms with Gasteiger partial charge in [0.25, 0.3) is 0 Å². The minimum Gasteiger partial charge on any atom is -0.493 e. The second-order valence-corrected chi connectivity index (χ2v) is 9.18. The first kappa shape index (κ1) is 25.5. The van der Waals surface area contributed by atoms with Gasteiger partial charge < -0.3 is 28.9 Å². The van der Waals surface area contributed by atoms with Crippen molar-refractivity contribution in [1.29, 1.82) is 0 Å². The molecule has 0 saturated heterocycles. The van der Waals surface area contributed by atoms with Crippen molar-refractivity contribution in [3.8, 4) is 40.8 Å². The molecular formula is C29H35N3O4. The first-order valence-corrected chi connectivity index (χ1v) is 12.4. The maximum Gasteiger partial charge on any atom is 0.187 e. The lowest BCUT2D eigenvalue weighted by Crippen LogP contribution is -2.19. The van der Waals surface area contributed by atoms with Crippen LogP contribution in [0.1, 0.15) is 43.7 Å². The lowest BCUT2D eigenvalue weighted by molar-refractivity contribution is 0.0916. The number of aromatic amines is 1. The summed E-state index contributed by atoms with van der Waals surface area (Å²) in [6.07, 6.45) is 9.39. The minimum absolute atomic E-state index is 0.383. The van der Waals surface area contributed by atoms with E-state index in [2.05, 4.69) is 34.0 Å². The van der Waals surface area contributed by atoms with Gasteiger partial charge in [-0.2, -0.15) is 0 Å². The fraction of sp³-hybridized carbons (Fsp3) is 0.414. The van der Waals surface area contributed by atoms with Crippen LogP contribution in [0.2, 0.25) is 0 Å². The highest BCUT2D eigenvalue weighted by atomic mass is 16.6. The number of hydrogen-bond acceptors (Lipinski definition) is 6. The Labute approximate surface area is 213 Å². The van der Waals surface area contributed by atoms with E-state index in [0.717, 1.165) is 71.3 Å². The Morgan fingerprint density at radius 2 is 1.81 bits per heavy atom. The summed E-state index contributed by atoms with van der Waals surface area (Å²) in [7, 11) is 7.31. The molecule has 2 aromatic carbocycles. The third kappa shape index (κ3) is 5.14. The number of terminal acetylenes is 1. The molecule has 1 aromatic heterocycles. The third-order valence-electron chi connectivity index (χ3n) is 6.39. The van der Waals surface area contributed by atoms with Crippen LogP contribution < -0.4 is 14.2 Å². The largest absolute Gasteiger partial charge is 0.493 e. The molecule has 0 saturated carbocycles. The number of H-pyrrole nitrogens is 1. The summed E-state index contributed by atoms with van der Waals surface area (Å²) < 4.78 is 17.2. The second kappa shape index (κ2) is 11.4. The lowest BCUT2D eigenvalue weighted by Gasteiger charge is -2.13. The average molecular weight is 490 g/mol. The summed E-state index contributed by atoms with van der Waals surface area (Å²) in [6.45, 7) is 3.60. The number of nitrogens with one attached hydrogen (secondary N) is 1. The molecule has 36 heavy (non-hydrogen) atoms. The smallest absolute Gasteiger partial charge is 0.187 e. The van der Waals surface area contributed by atoms with Gasteiger partial charge in [0.1, 0.15) is 18.1 Å². The van der Waals surface area contributed by atoms with Gasteiger partial charge in [0, 0.05) is 34.1 Å². The molecule has 1 heterocycles. The first-order valence-electron chi connectivity index (χ1n) is 12.4. The molecule has 1 aliphatic rings. The number of ether oxygens (including phenoxy) is 3. The van der Waals surface area contributed by atoms with Crippen molar-refractivity contribution < 1.29 is 19.0 Å². The third-order valence-corrected chi connectivity index (χ3v) is 6.39. The van der Waals surface area contributed by atoms with Gasteiger partial charge in [-0.05, 0) is 57.3 Å². The van der Waals surface area contributed by atoms with Crippen LogP contribution in [0.25, 0.3) is 22.2 Å². The van der Waals surface area contributed by atoms with Crippen molar-refractivity contribution >= 4 is 16.6 Å². The van der Waals surface area contributed by atoms with Crippen LogP contribution in [0.15, 0.2) is 35.5 Å². The number of oxime groups is 1. The normalized spacial score (nSPS) is 14.0. The molecule has 0 amide bonds. The van der Waals surface area contributed by atoms with E-state index in [-0.39, 0.29) is 6.10 Å². The van der Waals surface area contributed by atoms with Gasteiger partial charge in [0.05, 0.1) is 19.9 Å². The summed E-state index contributed by atoms with van der Waals surface area (Å²) >= 11 is 0. The average Bonchev–Trinajstić information content (AvgIpc) is 3.39. The van der Waals surface area contributed by atoms with Crippen LogP contribution in [0.3, 0.4) is 0 Å². The Hall–Kier alpha value is -3.63. The second-order valence-electron chi connectivity index (χ2n) is 9.18. The maximum absolute atomic E-state index is 6.02. The van der Waals surface area contributed by atoms with Crippen molar-refractivity contribution in [3.05, 3.63) is 41.5 Å². The number of aromatic nitrogens is 1. The molecule has 0 spiro atoms. The molecule has 0 radical (unpaired) electrons. The zero-order chi connectivity index (χ0) is 25.7. The summed E-state index contributed by atoms with van der Waals surface area (Å²) in [4.78, 5) is 11.6. The van der Waals surface area contributed by atoms with Crippen molar-refractivity contribution in [2.45, 2.75) is 38.7 Å². The monoisotopic (exact) mass is 489 g/mol. The van der Waals surface area contributed by atoms with E-state index >= 15 is 0 Å². The number of benzene rings is 2. The number of unbranched alkanes of at least 4 members (excludes halogenated alkanes) is 2. The fourth-order valence-electron chi connectivity index (χ4n) is 4.43. The fourth-order valence-corrected chi connectivity index (χ4v) is 4.43. The molecular weight excluding hydrogens is 454 g/mol. The van der Waals surface area contributed by atoms with Crippen LogP contribution in [0.4, 0.5) is 0 Å². The summed E-state index contributed by atoms with van der Waals surface area (Å²) in [5.74, 6) is 4.82. The number of rotatable bonds is 12. The minimum atomic E-state index is -0.383. The summed E-state index contributed by atoms with van der Waals surface area (Å²) in [5, 5.41) is 5.64.